The maximum absolute atomic E-state index is 13.3. The van der Waals surface area contributed by atoms with E-state index in [4.69, 9.17) is 10.8 Å². The van der Waals surface area contributed by atoms with Crippen molar-refractivity contribution in [1.82, 2.24) is 19.9 Å². The predicted octanol–water partition coefficient (Wildman–Crippen LogP) is 2.76. The smallest absolute Gasteiger partial charge is 0.287 e. The summed E-state index contributed by atoms with van der Waals surface area (Å²) in [6.45, 7) is 6.91. The van der Waals surface area contributed by atoms with Gasteiger partial charge in [-0.1, -0.05) is 31.9 Å². The Kier molecular flexibility index (Phi) is 9.83. The van der Waals surface area contributed by atoms with Gasteiger partial charge in [-0.3, -0.25) is 14.4 Å². The second-order valence-electron chi connectivity index (χ2n) is 9.86. The van der Waals surface area contributed by atoms with Crippen LogP contribution >= 0.6 is 0 Å². The maximum Gasteiger partial charge on any atom is 0.287 e. The predicted molar refractivity (Wildman–Crippen MR) is 146 cm³/mol. The Morgan fingerprint density at radius 3 is 2.67 bits per heavy atom. The van der Waals surface area contributed by atoms with E-state index in [1.165, 1.54) is 18.3 Å². The van der Waals surface area contributed by atoms with Crippen LogP contribution in [0.25, 0.3) is 6.08 Å². The summed E-state index contributed by atoms with van der Waals surface area (Å²) in [6.07, 6.45) is 11.1. The van der Waals surface area contributed by atoms with Crippen molar-refractivity contribution in [2.24, 2.45) is 5.92 Å². The number of allylic oxidation sites excluding steroid dienone is 1. The molecule has 10 nitrogen and oxygen atoms in total. The Morgan fingerprint density at radius 1 is 1.31 bits per heavy atom. The molecule has 2 aromatic rings. The van der Waals surface area contributed by atoms with Crippen molar-refractivity contribution < 1.29 is 27.2 Å². The molecule has 3 atom stereocenters. The number of nitrogens with zero attached hydrogens (tertiary/aromatic N) is 2. The summed E-state index contributed by atoms with van der Waals surface area (Å²) in [5.74, 6) is 1.24. The van der Waals surface area contributed by atoms with Crippen LogP contribution in [0.2, 0.25) is 0 Å². The largest absolute Gasteiger partial charge is 0.450 e. The van der Waals surface area contributed by atoms with E-state index < -0.39 is 52.3 Å². The quantitative estimate of drug-likeness (QED) is 0.455. The van der Waals surface area contributed by atoms with Crippen molar-refractivity contribution in [2.45, 2.75) is 70.1 Å². The molecule has 1 aliphatic heterocycles. The van der Waals surface area contributed by atoms with Gasteiger partial charge in [-0.2, -0.15) is 4.31 Å². The minimum Gasteiger partial charge on any atom is -0.450 e. The average molecular weight is 555 g/mol. The van der Waals surface area contributed by atoms with Crippen molar-refractivity contribution in [3.63, 3.8) is 0 Å². The second-order valence-corrected chi connectivity index (χ2v) is 11.7. The number of rotatable bonds is 9. The topological polar surface area (TPSA) is 139 Å². The number of ketones is 1. The van der Waals surface area contributed by atoms with Crippen LogP contribution in [0, 0.1) is 18.3 Å². The summed E-state index contributed by atoms with van der Waals surface area (Å²) < 4.78 is 33.0. The highest BCUT2D eigenvalue weighted by atomic mass is 32.2. The summed E-state index contributed by atoms with van der Waals surface area (Å²) in [5.41, 5.74) is 0.409. The fourth-order valence-corrected chi connectivity index (χ4v) is 5.90. The van der Waals surface area contributed by atoms with Gasteiger partial charge in [-0.15, -0.1) is 6.42 Å². The summed E-state index contributed by atoms with van der Waals surface area (Å²) in [5, 5.41) is 5.28. The van der Waals surface area contributed by atoms with Crippen LogP contribution in [0.15, 0.2) is 46.0 Å². The number of aromatic nitrogens is 1. The number of terminal acetylenes is 1. The van der Waals surface area contributed by atoms with Crippen molar-refractivity contribution in [2.75, 3.05) is 6.54 Å². The zero-order chi connectivity index (χ0) is 28.7. The number of Topliss-reactive ketones (excluding diaryl/α,β-unsaturated/α-hetero) is 1. The molecule has 0 saturated carbocycles. The number of hydrogen-bond acceptors (Lipinski definition) is 7. The van der Waals surface area contributed by atoms with Gasteiger partial charge < -0.3 is 15.1 Å². The van der Waals surface area contributed by atoms with E-state index in [0.29, 0.717) is 24.2 Å². The zero-order valence-electron chi connectivity index (χ0n) is 22.5. The second kappa shape index (κ2) is 12.9. The van der Waals surface area contributed by atoms with Gasteiger partial charge >= 0.3 is 0 Å². The fourth-order valence-electron chi connectivity index (χ4n) is 4.34. The van der Waals surface area contributed by atoms with E-state index in [9.17, 15) is 22.8 Å². The first kappa shape index (κ1) is 29.8. The normalized spacial score (nSPS) is 19.4. The summed E-state index contributed by atoms with van der Waals surface area (Å²) in [6, 6.07) is 3.63. The van der Waals surface area contributed by atoms with E-state index in [-0.39, 0.29) is 23.1 Å². The Labute approximate surface area is 229 Å². The monoisotopic (exact) mass is 554 g/mol. The Morgan fingerprint density at radius 2 is 2.05 bits per heavy atom. The number of amides is 2. The molecule has 3 rings (SSSR count). The standard InChI is InChI=1S/C28H34N4O6S/c1-6-10-24-20(7-2)16-25(38-24)28(35)31-22(15-18(3)4)27(34)30-21-13-12-19(5)32(17-23(21)33)39(36,37)26-11-8-9-14-29-26/h2,6,8-11,14,16,18-19,21-22H,12-13,15,17H2,1,3-5H3,(H,30,34)(H,31,35)/b10-6-/t19-,21+,22?/m1/s1. The van der Waals surface area contributed by atoms with Crippen molar-refractivity contribution in [3.8, 4) is 12.3 Å². The van der Waals surface area contributed by atoms with Crippen LogP contribution in [0.1, 0.15) is 68.8 Å². The molecule has 0 radical (unpaired) electrons. The molecule has 2 aromatic heterocycles. The summed E-state index contributed by atoms with van der Waals surface area (Å²) in [7, 11) is -4.00. The number of carbonyl (C=O) groups excluding carboxylic acids is 3. The molecule has 0 aromatic carbocycles. The lowest BCUT2D eigenvalue weighted by atomic mass is 10.0. The molecule has 11 heteroatoms. The zero-order valence-corrected chi connectivity index (χ0v) is 23.3. The number of pyridine rings is 1. The van der Waals surface area contributed by atoms with Gasteiger partial charge in [-0.25, -0.2) is 13.4 Å². The molecule has 3 heterocycles. The number of nitrogens with one attached hydrogen (secondary N) is 2. The molecule has 0 aliphatic carbocycles. The van der Waals surface area contributed by atoms with Gasteiger partial charge in [0, 0.05) is 18.3 Å². The third kappa shape index (κ3) is 7.22. The summed E-state index contributed by atoms with van der Waals surface area (Å²) >= 11 is 0. The van der Waals surface area contributed by atoms with E-state index in [1.807, 2.05) is 13.8 Å². The molecule has 1 fully saturated rings. The van der Waals surface area contributed by atoms with E-state index in [2.05, 4.69) is 21.5 Å². The number of furan rings is 1. The molecule has 1 unspecified atom stereocenters. The molecule has 0 bridgehead atoms. The lowest BCUT2D eigenvalue weighted by Gasteiger charge is -2.25. The highest BCUT2D eigenvalue weighted by Crippen LogP contribution is 2.23. The van der Waals surface area contributed by atoms with Gasteiger partial charge in [0.05, 0.1) is 18.2 Å². The van der Waals surface area contributed by atoms with Crippen LogP contribution in [0.4, 0.5) is 0 Å². The lowest BCUT2D eigenvalue weighted by Crippen LogP contribution is -2.52. The first-order valence-corrected chi connectivity index (χ1v) is 14.2. The first-order valence-electron chi connectivity index (χ1n) is 12.8. The number of hydrogen-bond donors (Lipinski definition) is 2. The molecule has 1 saturated heterocycles. The SMILES string of the molecule is C#Cc1cc(C(=O)NC(CC(C)C)C(=O)N[C@H]2CC[C@@H](C)N(S(=O)(=O)c3ccccn3)CC2=O)oc1/C=C\C. The van der Waals surface area contributed by atoms with Crippen LogP contribution in [-0.4, -0.2) is 60.0 Å². The Hall–Kier alpha value is -3.75. The molecule has 39 heavy (non-hydrogen) atoms. The summed E-state index contributed by atoms with van der Waals surface area (Å²) in [4.78, 5) is 43.3. The van der Waals surface area contributed by atoms with Gasteiger partial charge in [0.2, 0.25) is 5.91 Å². The van der Waals surface area contributed by atoms with Crippen molar-refractivity contribution >= 4 is 33.7 Å². The van der Waals surface area contributed by atoms with E-state index in [0.717, 1.165) is 4.31 Å². The van der Waals surface area contributed by atoms with Crippen molar-refractivity contribution in [3.05, 3.63) is 53.6 Å². The highest BCUT2D eigenvalue weighted by molar-refractivity contribution is 7.89. The van der Waals surface area contributed by atoms with Crippen LogP contribution < -0.4 is 10.6 Å². The molecule has 208 valence electrons. The third-order valence-electron chi connectivity index (χ3n) is 6.38. The minimum absolute atomic E-state index is 0.0349. The number of carbonyl (C=O) groups is 3. The molecular weight excluding hydrogens is 520 g/mol. The van der Waals surface area contributed by atoms with E-state index >= 15 is 0 Å². The van der Waals surface area contributed by atoms with Gasteiger partial charge in [-0.05, 0) is 57.2 Å². The Bertz CT molecular complexity index is 1370. The molecular formula is C28H34N4O6S. The van der Waals surface area contributed by atoms with Crippen LogP contribution in [0.3, 0.4) is 0 Å². The lowest BCUT2D eigenvalue weighted by molar-refractivity contribution is -0.129. The van der Waals surface area contributed by atoms with Crippen LogP contribution in [0.5, 0.6) is 0 Å². The first-order chi connectivity index (χ1) is 18.5. The number of sulfonamides is 1. The molecule has 0 spiro atoms. The molecule has 1 aliphatic rings. The van der Waals surface area contributed by atoms with Gasteiger partial charge in [0.25, 0.3) is 15.9 Å². The maximum atomic E-state index is 13.3. The minimum atomic E-state index is -4.00. The highest BCUT2D eigenvalue weighted by Gasteiger charge is 2.38. The Balaban J connectivity index is 1.75. The molecule has 2 N–H and O–H groups in total. The molecule has 2 amide bonds. The fraction of sp³-hybridized carbons (Fsp3) is 0.429. The average Bonchev–Trinajstić information content (AvgIpc) is 3.25. The third-order valence-corrected chi connectivity index (χ3v) is 8.26. The van der Waals surface area contributed by atoms with Crippen molar-refractivity contribution in [1.29, 1.82) is 0 Å². The van der Waals surface area contributed by atoms with Crippen LogP contribution in [-0.2, 0) is 19.6 Å². The van der Waals surface area contributed by atoms with E-state index in [1.54, 1.807) is 38.1 Å². The van der Waals surface area contributed by atoms with Gasteiger partial charge in [0.1, 0.15) is 11.8 Å². The van der Waals surface area contributed by atoms with Gasteiger partial charge in [0.15, 0.2) is 16.6 Å².